The summed E-state index contributed by atoms with van der Waals surface area (Å²) in [6, 6.07) is 15.0. The van der Waals surface area contributed by atoms with Crippen LogP contribution < -0.4 is 10.6 Å². The first kappa shape index (κ1) is 13.7. The normalized spacial score (nSPS) is 15.0. The van der Waals surface area contributed by atoms with E-state index in [1.165, 1.54) is 16.7 Å². The maximum atomic E-state index is 11.4. The third-order valence-corrected chi connectivity index (χ3v) is 3.96. The first-order valence-corrected chi connectivity index (χ1v) is 7.38. The number of fused-ring (bicyclic) bond motifs is 1. The number of rotatable bonds is 3. The molecule has 3 rings (SSSR count). The number of amides is 1. The van der Waals surface area contributed by atoms with Gasteiger partial charge in [-0.3, -0.25) is 4.79 Å². The smallest absolute Gasteiger partial charge is 0.224 e. The Labute approximate surface area is 125 Å². The highest BCUT2D eigenvalue weighted by atomic mass is 16.1. The van der Waals surface area contributed by atoms with Crippen molar-refractivity contribution in [2.75, 3.05) is 10.6 Å². The van der Waals surface area contributed by atoms with E-state index < -0.39 is 0 Å². The fourth-order valence-electron chi connectivity index (χ4n) is 2.66. The predicted octanol–water partition coefficient (Wildman–Crippen LogP) is 4.05. The summed E-state index contributed by atoms with van der Waals surface area (Å²) in [6.45, 7) is 4.26. The van der Waals surface area contributed by atoms with E-state index in [2.05, 4.69) is 54.8 Å². The van der Waals surface area contributed by atoms with Crippen molar-refractivity contribution in [2.45, 2.75) is 32.7 Å². The van der Waals surface area contributed by atoms with Crippen molar-refractivity contribution in [1.29, 1.82) is 0 Å². The lowest BCUT2D eigenvalue weighted by atomic mass is 10.0. The lowest BCUT2D eigenvalue weighted by Gasteiger charge is -2.20. The van der Waals surface area contributed by atoms with Gasteiger partial charge in [-0.25, -0.2) is 0 Å². The van der Waals surface area contributed by atoms with Gasteiger partial charge in [0.1, 0.15) is 0 Å². The van der Waals surface area contributed by atoms with Crippen molar-refractivity contribution in [3.05, 3.63) is 59.2 Å². The van der Waals surface area contributed by atoms with E-state index in [4.69, 9.17) is 0 Å². The van der Waals surface area contributed by atoms with E-state index in [0.29, 0.717) is 6.42 Å². The second-order valence-corrected chi connectivity index (χ2v) is 5.70. The number of carbonyl (C=O) groups is 1. The molecule has 21 heavy (non-hydrogen) atoms. The summed E-state index contributed by atoms with van der Waals surface area (Å²) in [5.74, 6) is 0.108. The van der Waals surface area contributed by atoms with Crippen LogP contribution in [0.5, 0.6) is 0 Å². The Morgan fingerprint density at radius 2 is 1.86 bits per heavy atom. The molecule has 0 radical (unpaired) electrons. The van der Waals surface area contributed by atoms with Gasteiger partial charge < -0.3 is 10.6 Å². The van der Waals surface area contributed by atoms with E-state index in [0.717, 1.165) is 17.8 Å². The minimum Gasteiger partial charge on any atom is -0.379 e. The highest BCUT2D eigenvalue weighted by molar-refractivity contribution is 5.94. The molecule has 3 nitrogen and oxygen atoms in total. The lowest BCUT2D eigenvalue weighted by molar-refractivity contribution is -0.116. The Morgan fingerprint density at radius 1 is 1.10 bits per heavy atom. The third kappa shape index (κ3) is 3.07. The highest BCUT2D eigenvalue weighted by Crippen LogP contribution is 2.27. The maximum absolute atomic E-state index is 11.4. The van der Waals surface area contributed by atoms with Gasteiger partial charge in [0, 0.05) is 23.8 Å². The maximum Gasteiger partial charge on any atom is 0.224 e. The molecule has 0 saturated carbocycles. The second-order valence-electron chi connectivity index (χ2n) is 5.70. The first-order chi connectivity index (χ1) is 10.1. The fraction of sp³-hybridized carbons (Fsp3) is 0.278. The van der Waals surface area contributed by atoms with Gasteiger partial charge >= 0.3 is 0 Å². The van der Waals surface area contributed by atoms with Gasteiger partial charge in [0.25, 0.3) is 0 Å². The zero-order valence-electron chi connectivity index (χ0n) is 12.4. The molecular formula is C18H20N2O. The number of carbonyl (C=O) groups excluding carboxylic acids is 1. The molecule has 1 amide bonds. The minimum atomic E-state index is 0.108. The summed E-state index contributed by atoms with van der Waals surface area (Å²) >= 11 is 0. The van der Waals surface area contributed by atoms with Crippen LogP contribution >= 0.6 is 0 Å². The molecule has 1 aliphatic rings. The number of aryl methyl sites for hydroxylation is 2. The minimum absolute atomic E-state index is 0.108. The topological polar surface area (TPSA) is 41.1 Å². The van der Waals surface area contributed by atoms with Crippen LogP contribution in [0, 0.1) is 6.92 Å². The van der Waals surface area contributed by atoms with Gasteiger partial charge in [-0.15, -0.1) is 0 Å². The molecule has 1 aliphatic heterocycles. The average molecular weight is 280 g/mol. The number of anilines is 2. The third-order valence-electron chi connectivity index (χ3n) is 3.96. The Balaban J connectivity index is 1.76. The molecule has 1 atom stereocenters. The van der Waals surface area contributed by atoms with Gasteiger partial charge in [-0.05, 0) is 49.6 Å². The summed E-state index contributed by atoms with van der Waals surface area (Å²) in [7, 11) is 0. The van der Waals surface area contributed by atoms with Gasteiger partial charge in [-0.1, -0.05) is 29.8 Å². The summed E-state index contributed by atoms with van der Waals surface area (Å²) < 4.78 is 0. The molecule has 108 valence electrons. The van der Waals surface area contributed by atoms with Crippen LogP contribution in [0.2, 0.25) is 0 Å². The molecule has 0 aliphatic carbocycles. The van der Waals surface area contributed by atoms with Crippen LogP contribution in [-0.2, 0) is 11.2 Å². The molecule has 3 heteroatoms. The predicted molar refractivity (Wildman–Crippen MR) is 86.6 cm³/mol. The summed E-state index contributed by atoms with van der Waals surface area (Å²) in [4.78, 5) is 11.4. The van der Waals surface area contributed by atoms with Crippen molar-refractivity contribution in [1.82, 2.24) is 0 Å². The molecule has 0 spiro atoms. The fourth-order valence-corrected chi connectivity index (χ4v) is 2.66. The summed E-state index contributed by atoms with van der Waals surface area (Å²) in [5.41, 5.74) is 5.79. The quantitative estimate of drug-likeness (QED) is 0.890. The van der Waals surface area contributed by atoms with E-state index in [9.17, 15) is 4.79 Å². The number of hydrogen-bond acceptors (Lipinski definition) is 2. The van der Waals surface area contributed by atoms with Crippen LogP contribution in [0.3, 0.4) is 0 Å². The van der Waals surface area contributed by atoms with Crippen LogP contribution in [0.4, 0.5) is 11.4 Å². The second kappa shape index (κ2) is 5.60. The van der Waals surface area contributed by atoms with Crippen molar-refractivity contribution in [3.63, 3.8) is 0 Å². The highest BCUT2D eigenvalue weighted by Gasteiger charge is 2.15. The number of nitrogens with one attached hydrogen (secondary N) is 2. The van der Waals surface area contributed by atoms with Crippen molar-refractivity contribution in [2.24, 2.45) is 0 Å². The molecule has 0 saturated heterocycles. The zero-order valence-corrected chi connectivity index (χ0v) is 12.4. The van der Waals surface area contributed by atoms with Crippen molar-refractivity contribution in [3.8, 4) is 0 Å². The van der Waals surface area contributed by atoms with Crippen LogP contribution in [-0.4, -0.2) is 5.91 Å². The molecule has 1 heterocycles. The molecule has 0 fully saturated rings. The average Bonchev–Trinajstić information content (AvgIpc) is 2.48. The number of benzene rings is 2. The molecule has 0 bridgehead atoms. The molecule has 2 N–H and O–H groups in total. The Morgan fingerprint density at radius 3 is 2.62 bits per heavy atom. The largest absolute Gasteiger partial charge is 0.379 e. The van der Waals surface area contributed by atoms with Crippen LogP contribution in [0.1, 0.15) is 36.1 Å². The van der Waals surface area contributed by atoms with Gasteiger partial charge in [-0.2, -0.15) is 0 Å². The monoisotopic (exact) mass is 280 g/mol. The van der Waals surface area contributed by atoms with E-state index >= 15 is 0 Å². The molecule has 0 aromatic heterocycles. The van der Waals surface area contributed by atoms with E-state index in [1.807, 2.05) is 12.1 Å². The Kier molecular flexibility index (Phi) is 3.65. The summed E-state index contributed by atoms with van der Waals surface area (Å²) in [5, 5.41) is 6.44. The summed E-state index contributed by atoms with van der Waals surface area (Å²) in [6.07, 6.45) is 1.39. The van der Waals surface area contributed by atoms with Crippen molar-refractivity contribution < 1.29 is 4.79 Å². The van der Waals surface area contributed by atoms with Gasteiger partial charge in [0.05, 0.1) is 0 Å². The molecular weight excluding hydrogens is 260 g/mol. The Hall–Kier alpha value is -2.29. The SMILES string of the molecule is Cc1ccc(C(C)Nc2ccc3c(c2)CCC(=O)N3)cc1. The van der Waals surface area contributed by atoms with Crippen molar-refractivity contribution >= 4 is 17.3 Å². The molecule has 2 aromatic carbocycles. The van der Waals surface area contributed by atoms with Gasteiger partial charge in [0.2, 0.25) is 5.91 Å². The molecule has 2 aromatic rings. The Bertz CT molecular complexity index is 661. The first-order valence-electron chi connectivity index (χ1n) is 7.38. The number of hydrogen-bond donors (Lipinski definition) is 2. The molecule has 1 unspecified atom stereocenters. The van der Waals surface area contributed by atoms with E-state index in [-0.39, 0.29) is 11.9 Å². The lowest BCUT2D eigenvalue weighted by Crippen LogP contribution is -2.19. The van der Waals surface area contributed by atoms with Crippen LogP contribution in [0.25, 0.3) is 0 Å². The van der Waals surface area contributed by atoms with Crippen LogP contribution in [0.15, 0.2) is 42.5 Å². The zero-order chi connectivity index (χ0) is 14.8. The van der Waals surface area contributed by atoms with Gasteiger partial charge in [0.15, 0.2) is 0 Å². The standard InChI is InChI=1S/C18H20N2O/c1-12-3-5-14(6-4-12)13(2)19-16-8-9-17-15(11-16)7-10-18(21)20-17/h3-6,8-9,11,13,19H,7,10H2,1-2H3,(H,20,21). The van der Waals surface area contributed by atoms with E-state index in [1.54, 1.807) is 0 Å².